The van der Waals surface area contributed by atoms with Gasteiger partial charge in [-0.1, -0.05) is 22.0 Å². The van der Waals surface area contributed by atoms with Crippen LogP contribution in [0.4, 0.5) is 0 Å². The standard InChI is InChI=1S/C17H18BrN3O2/c1-12-11-21(8-7-19-12)17(22)13-5-6-16(20-10-13)23-15-4-2-3-14(18)9-15/h2-6,9-10,12,19H,7-8,11H2,1H3. The summed E-state index contributed by atoms with van der Waals surface area (Å²) in [7, 11) is 0. The Kier molecular flexibility index (Phi) is 4.93. The van der Waals surface area contributed by atoms with E-state index < -0.39 is 0 Å². The molecule has 1 amide bonds. The third-order valence-corrected chi connectivity index (χ3v) is 4.15. The highest BCUT2D eigenvalue weighted by Crippen LogP contribution is 2.23. The molecule has 1 aromatic carbocycles. The van der Waals surface area contributed by atoms with Gasteiger partial charge in [-0.15, -0.1) is 0 Å². The van der Waals surface area contributed by atoms with Gasteiger partial charge in [-0.3, -0.25) is 4.79 Å². The monoisotopic (exact) mass is 375 g/mol. The number of hydrogen-bond donors (Lipinski definition) is 1. The van der Waals surface area contributed by atoms with Gasteiger partial charge in [0.1, 0.15) is 5.75 Å². The number of hydrogen-bond acceptors (Lipinski definition) is 4. The number of amides is 1. The third kappa shape index (κ3) is 4.09. The van der Waals surface area contributed by atoms with Crippen molar-refractivity contribution < 1.29 is 9.53 Å². The number of halogens is 1. The highest BCUT2D eigenvalue weighted by Gasteiger charge is 2.21. The van der Waals surface area contributed by atoms with Crippen LogP contribution in [0.1, 0.15) is 17.3 Å². The first kappa shape index (κ1) is 16.0. The molecule has 0 bridgehead atoms. The van der Waals surface area contributed by atoms with Crippen molar-refractivity contribution in [1.29, 1.82) is 0 Å². The summed E-state index contributed by atoms with van der Waals surface area (Å²) in [5, 5.41) is 3.33. The number of rotatable bonds is 3. The topological polar surface area (TPSA) is 54.5 Å². The molecule has 5 nitrogen and oxygen atoms in total. The highest BCUT2D eigenvalue weighted by atomic mass is 79.9. The molecule has 6 heteroatoms. The normalized spacial score (nSPS) is 17.8. The Balaban J connectivity index is 1.68. The van der Waals surface area contributed by atoms with Crippen molar-refractivity contribution in [2.24, 2.45) is 0 Å². The van der Waals surface area contributed by atoms with Crippen molar-refractivity contribution in [3.8, 4) is 11.6 Å². The molecule has 1 fully saturated rings. The van der Waals surface area contributed by atoms with Crippen LogP contribution in [-0.4, -0.2) is 41.5 Å². The zero-order valence-corrected chi connectivity index (χ0v) is 14.4. The molecule has 1 unspecified atom stereocenters. The lowest BCUT2D eigenvalue weighted by atomic mass is 10.2. The molecule has 0 spiro atoms. The fourth-order valence-corrected chi connectivity index (χ4v) is 2.90. The maximum absolute atomic E-state index is 12.5. The Bertz CT molecular complexity index is 690. The van der Waals surface area contributed by atoms with E-state index in [0.717, 1.165) is 24.1 Å². The van der Waals surface area contributed by atoms with Crippen LogP contribution < -0.4 is 10.1 Å². The number of carbonyl (C=O) groups excluding carboxylic acids is 1. The van der Waals surface area contributed by atoms with E-state index in [1.54, 1.807) is 18.3 Å². The van der Waals surface area contributed by atoms with E-state index >= 15 is 0 Å². The Morgan fingerprint density at radius 3 is 2.96 bits per heavy atom. The van der Waals surface area contributed by atoms with Crippen molar-refractivity contribution in [2.45, 2.75) is 13.0 Å². The summed E-state index contributed by atoms with van der Waals surface area (Å²) in [5.41, 5.74) is 0.584. The lowest BCUT2D eigenvalue weighted by Gasteiger charge is -2.31. The SMILES string of the molecule is CC1CN(C(=O)c2ccc(Oc3cccc(Br)c3)nc2)CCN1. The summed E-state index contributed by atoms with van der Waals surface area (Å²) in [6.07, 6.45) is 1.57. The Morgan fingerprint density at radius 2 is 2.26 bits per heavy atom. The number of nitrogens with one attached hydrogen (secondary N) is 1. The molecule has 1 saturated heterocycles. The minimum atomic E-state index is 0.0138. The molecule has 1 aromatic heterocycles. The molecule has 0 saturated carbocycles. The second kappa shape index (κ2) is 7.10. The van der Waals surface area contributed by atoms with Gasteiger partial charge in [0.25, 0.3) is 5.91 Å². The van der Waals surface area contributed by atoms with E-state index in [9.17, 15) is 4.79 Å². The molecule has 0 radical (unpaired) electrons. The van der Waals surface area contributed by atoms with E-state index in [0.29, 0.717) is 23.2 Å². The van der Waals surface area contributed by atoms with Crippen LogP contribution in [-0.2, 0) is 0 Å². The Morgan fingerprint density at radius 1 is 1.39 bits per heavy atom. The average Bonchev–Trinajstić information content (AvgIpc) is 2.55. The van der Waals surface area contributed by atoms with Gasteiger partial charge in [0.2, 0.25) is 5.88 Å². The molecular formula is C17H18BrN3O2. The van der Waals surface area contributed by atoms with Crippen molar-refractivity contribution in [2.75, 3.05) is 19.6 Å². The predicted octanol–water partition coefficient (Wildman–Crippen LogP) is 3.07. The van der Waals surface area contributed by atoms with Crippen LogP contribution >= 0.6 is 15.9 Å². The predicted molar refractivity (Wildman–Crippen MR) is 91.8 cm³/mol. The van der Waals surface area contributed by atoms with E-state index in [1.165, 1.54) is 0 Å². The van der Waals surface area contributed by atoms with Gasteiger partial charge >= 0.3 is 0 Å². The molecule has 1 N–H and O–H groups in total. The largest absolute Gasteiger partial charge is 0.439 e. The van der Waals surface area contributed by atoms with Crippen LogP contribution in [0.2, 0.25) is 0 Å². The summed E-state index contributed by atoms with van der Waals surface area (Å²) in [4.78, 5) is 18.6. The van der Waals surface area contributed by atoms with E-state index in [4.69, 9.17) is 4.74 Å². The van der Waals surface area contributed by atoms with E-state index in [2.05, 4.69) is 33.2 Å². The number of pyridine rings is 1. The molecule has 2 heterocycles. The van der Waals surface area contributed by atoms with Crippen molar-refractivity contribution in [1.82, 2.24) is 15.2 Å². The highest BCUT2D eigenvalue weighted by molar-refractivity contribution is 9.10. The maximum atomic E-state index is 12.5. The number of carbonyl (C=O) groups is 1. The summed E-state index contributed by atoms with van der Waals surface area (Å²) in [5.74, 6) is 1.18. The van der Waals surface area contributed by atoms with Crippen LogP contribution in [0.5, 0.6) is 11.6 Å². The first-order valence-electron chi connectivity index (χ1n) is 7.54. The summed E-state index contributed by atoms with van der Waals surface area (Å²) in [6.45, 7) is 4.34. The van der Waals surface area contributed by atoms with Crippen LogP contribution in [0.3, 0.4) is 0 Å². The lowest BCUT2D eigenvalue weighted by Crippen LogP contribution is -2.51. The zero-order chi connectivity index (χ0) is 16.2. The minimum Gasteiger partial charge on any atom is -0.439 e. The quantitative estimate of drug-likeness (QED) is 0.895. The third-order valence-electron chi connectivity index (χ3n) is 3.66. The molecule has 0 aliphatic carbocycles. The summed E-state index contributed by atoms with van der Waals surface area (Å²) >= 11 is 3.40. The molecule has 2 aromatic rings. The molecule has 120 valence electrons. The first-order chi connectivity index (χ1) is 11.1. The summed E-state index contributed by atoms with van der Waals surface area (Å²) < 4.78 is 6.62. The average molecular weight is 376 g/mol. The first-order valence-corrected chi connectivity index (χ1v) is 8.33. The van der Waals surface area contributed by atoms with E-state index in [1.807, 2.05) is 29.2 Å². The molecule has 1 aliphatic rings. The number of nitrogens with zero attached hydrogens (tertiary/aromatic N) is 2. The number of piperazine rings is 1. The minimum absolute atomic E-state index is 0.0138. The molecule has 1 atom stereocenters. The van der Waals surface area contributed by atoms with Crippen LogP contribution in [0, 0.1) is 0 Å². The summed E-state index contributed by atoms with van der Waals surface area (Å²) in [6, 6.07) is 11.3. The van der Waals surface area contributed by atoms with Gasteiger partial charge in [-0.25, -0.2) is 4.98 Å². The van der Waals surface area contributed by atoms with E-state index in [-0.39, 0.29) is 5.91 Å². The molecule has 23 heavy (non-hydrogen) atoms. The number of benzene rings is 1. The van der Waals surface area contributed by atoms with Gasteiger partial charge in [0.15, 0.2) is 0 Å². The fourth-order valence-electron chi connectivity index (χ4n) is 2.52. The van der Waals surface area contributed by atoms with Gasteiger partial charge in [0.05, 0.1) is 5.56 Å². The molecule has 3 rings (SSSR count). The van der Waals surface area contributed by atoms with Crippen LogP contribution in [0.15, 0.2) is 47.1 Å². The van der Waals surface area contributed by atoms with Crippen molar-refractivity contribution in [3.05, 3.63) is 52.6 Å². The molecular weight excluding hydrogens is 358 g/mol. The number of ether oxygens (including phenoxy) is 1. The van der Waals surface area contributed by atoms with Gasteiger partial charge < -0.3 is 15.0 Å². The second-order valence-electron chi connectivity index (χ2n) is 5.55. The van der Waals surface area contributed by atoms with Gasteiger partial charge in [-0.2, -0.15) is 0 Å². The zero-order valence-electron chi connectivity index (χ0n) is 12.8. The van der Waals surface area contributed by atoms with Crippen molar-refractivity contribution >= 4 is 21.8 Å². The maximum Gasteiger partial charge on any atom is 0.255 e. The Labute approximate surface area is 143 Å². The molecule has 1 aliphatic heterocycles. The van der Waals surface area contributed by atoms with Crippen LogP contribution in [0.25, 0.3) is 0 Å². The lowest BCUT2D eigenvalue weighted by molar-refractivity contribution is 0.0708. The van der Waals surface area contributed by atoms with Gasteiger partial charge in [-0.05, 0) is 31.2 Å². The Hall–Kier alpha value is -1.92. The number of aromatic nitrogens is 1. The van der Waals surface area contributed by atoms with Crippen molar-refractivity contribution in [3.63, 3.8) is 0 Å². The van der Waals surface area contributed by atoms with Gasteiger partial charge in [0, 0.05) is 42.4 Å². The smallest absolute Gasteiger partial charge is 0.255 e. The fraction of sp³-hybridized carbons (Fsp3) is 0.294. The second-order valence-corrected chi connectivity index (χ2v) is 6.47.